The monoisotopic (exact) mass is 397 g/mol. The average molecular weight is 397 g/mol. The molecule has 2 aliphatic heterocycles. The van der Waals surface area contributed by atoms with E-state index in [9.17, 15) is 9.18 Å². The fourth-order valence-electron chi connectivity index (χ4n) is 4.71. The third-order valence-electron chi connectivity index (χ3n) is 6.24. The number of halogens is 1. The number of aromatic nitrogens is 2. The molecule has 0 saturated carbocycles. The van der Waals surface area contributed by atoms with E-state index in [1.165, 1.54) is 12.1 Å². The van der Waals surface area contributed by atoms with E-state index in [1.807, 2.05) is 11.0 Å². The number of benzene rings is 1. The van der Waals surface area contributed by atoms with Gasteiger partial charge in [0.05, 0.1) is 5.69 Å². The number of likely N-dealkylation sites (tertiary alicyclic amines) is 2. The summed E-state index contributed by atoms with van der Waals surface area (Å²) in [6.45, 7) is 5.28. The average Bonchev–Trinajstić information content (AvgIpc) is 2.74. The van der Waals surface area contributed by atoms with Gasteiger partial charge in [-0.1, -0.05) is 12.1 Å². The zero-order chi connectivity index (χ0) is 20.4. The van der Waals surface area contributed by atoms with Crippen LogP contribution in [0.25, 0.3) is 11.1 Å². The lowest BCUT2D eigenvalue weighted by atomic mass is 9.88. The molecule has 1 aromatic carbocycles. The van der Waals surface area contributed by atoms with Crippen LogP contribution in [0.4, 0.5) is 10.3 Å². The standard InChI is InChI=1S/C22H28FN5O/c1-15(29)27-10-7-19(8-11-27)28-9-3-5-17(14-28)21-20(13-25-22(24)26-21)16-4-2-6-18(23)12-16/h2,4,6,12-13,17,19H,3,5,7-11,14H2,1H3,(H2,24,25,26)/t17-/m1/s1. The third kappa shape index (κ3) is 4.40. The first kappa shape index (κ1) is 19.8. The van der Waals surface area contributed by atoms with E-state index in [2.05, 4.69) is 14.9 Å². The second-order valence-corrected chi connectivity index (χ2v) is 8.11. The van der Waals surface area contributed by atoms with Gasteiger partial charge in [-0.3, -0.25) is 9.69 Å². The molecule has 6 nitrogen and oxygen atoms in total. The van der Waals surface area contributed by atoms with Gasteiger partial charge in [-0.2, -0.15) is 0 Å². The summed E-state index contributed by atoms with van der Waals surface area (Å²) in [7, 11) is 0. The van der Waals surface area contributed by atoms with E-state index in [-0.39, 0.29) is 23.6 Å². The summed E-state index contributed by atoms with van der Waals surface area (Å²) in [5.74, 6) is 0.383. The number of rotatable bonds is 3. The van der Waals surface area contributed by atoms with Crippen molar-refractivity contribution in [1.82, 2.24) is 19.8 Å². The number of hydrogen-bond donors (Lipinski definition) is 1. The molecule has 0 unspecified atom stereocenters. The van der Waals surface area contributed by atoms with Gasteiger partial charge in [0.25, 0.3) is 0 Å². The molecule has 0 radical (unpaired) electrons. The number of piperidine rings is 2. The van der Waals surface area contributed by atoms with Crippen LogP contribution in [-0.2, 0) is 4.79 Å². The van der Waals surface area contributed by atoms with Gasteiger partial charge in [0.2, 0.25) is 11.9 Å². The minimum absolute atomic E-state index is 0.163. The van der Waals surface area contributed by atoms with Crippen LogP contribution >= 0.6 is 0 Å². The second-order valence-electron chi connectivity index (χ2n) is 8.11. The van der Waals surface area contributed by atoms with Crippen LogP contribution in [0.15, 0.2) is 30.5 Å². The lowest BCUT2D eigenvalue weighted by molar-refractivity contribution is -0.130. The summed E-state index contributed by atoms with van der Waals surface area (Å²) in [6.07, 6.45) is 5.85. The minimum atomic E-state index is -0.271. The minimum Gasteiger partial charge on any atom is -0.368 e. The molecule has 1 atom stereocenters. The molecule has 1 amide bonds. The molecule has 2 saturated heterocycles. The zero-order valence-corrected chi connectivity index (χ0v) is 16.9. The Morgan fingerprint density at radius 3 is 2.72 bits per heavy atom. The van der Waals surface area contributed by atoms with Crippen molar-refractivity contribution in [3.63, 3.8) is 0 Å². The van der Waals surface area contributed by atoms with Gasteiger partial charge in [0.15, 0.2) is 0 Å². The Kier molecular flexibility index (Phi) is 5.76. The van der Waals surface area contributed by atoms with Crippen LogP contribution in [0.3, 0.4) is 0 Å². The second kappa shape index (κ2) is 8.45. The summed E-state index contributed by atoms with van der Waals surface area (Å²) < 4.78 is 13.8. The van der Waals surface area contributed by atoms with Gasteiger partial charge in [-0.25, -0.2) is 14.4 Å². The highest BCUT2D eigenvalue weighted by atomic mass is 19.1. The Morgan fingerprint density at radius 2 is 2.00 bits per heavy atom. The number of nitrogen functional groups attached to an aromatic ring is 1. The van der Waals surface area contributed by atoms with Gasteiger partial charge < -0.3 is 10.6 Å². The largest absolute Gasteiger partial charge is 0.368 e. The first-order chi connectivity index (χ1) is 14.0. The molecule has 2 aromatic rings. The molecule has 4 rings (SSSR count). The molecule has 2 aliphatic rings. The summed E-state index contributed by atoms with van der Waals surface area (Å²) >= 11 is 0. The highest BCUT2D eigenvalue weighted by Gasteiger charge is 2.31. The van der Waals surface area contributed by atoms with E-state index in [0.29, 0.717) is 6.04 Å². The van der Waals surface area contributed by atoms with Crippen molar-refractivity contribution in [1.29, 1.82) is 0 Å². The Hall–Kier alpha value is -2.54. The summed E-state index contributed by atoms with van der Waals surface area (Å²) in [5.41, 5.74) is 8.47. The fourth-order valence-corrected chi connectivity index (χ4v) is 4.71. The summed E-state index contributed by atoms with van der Waals surface area (Å²) in [5, 5.41) is 0. The Labute approximate surface area is 170 Å². The lowest BCUT2D eigenvalue weighted by Gasteiger charge is -2.42. The van der Waals surface area contributed by atoms with Crippen LogP contribution in [0.1, 0.15) is 44.2 Å². The van der Waals surface area contributed by atoms with Gasteiger partial charge in [0, 0.05) is 50.3 Å². The fraction of sp³-hybridized carbons (Fsp3) is 0.500. The van der Waals surface area contributed by atoms with E-state index < -0.39 is 0 Å². The zero-order valence-electron chi connectivity index (χ0n) is 16.9. The molecule has 2 fully saturated rings. The van der Waals surface area contributed by atoms with Gasteiger partial charge in [-0.05, 0) is 49.9 Å². The molecular formula is C22H28FN5O. The highest BCUT2D eigenvalue weighted by molar-refractivity contribution is 5.73. The third-order valence-corrected chi connectivity index (χ3v) is 6.24. The maximum atomic E-state index is 13.8. The number of amides is 1. The number of nitrogens with two attached hydrogens (primary N) is 1. The normalized spacial score (nSPS) is 21.3. The van der Waals surface area contributed by atoms with Crippen LogP contribution in [0.5, 0.6) is 0 Å². The van der Waals surface area contributed by atoms with Crippen molar-refractivity contribution in [2.24, 2.45) is 0 Å². The topological polar surface area (TPSA) is 75.4 Å². The van der Waals surface area contributed by atoms with Crippen molar-refractivity contribution in [3.05, 3.63) is 42.0 Å². The van der Waals surface area contributed by atoms with Crippen molar-refractivity contribution in [3.8, 4) is 11.1 Å². The number of anilines is 1. The van der Waals surface area contributed by atoms with Crippen LogP contribution in [0, 0.1) is 5.82 Å². The molecule has 0 bridgehead atoms. The van der Waals surface area contributed by atoms with E-state index in [4.69, 9.17) is 5.73 Å². The van der Waals surface area contributed by atoms with Crippen molar-refractivity contribution < 1.29 is 9.18 Å². The Bertz CT molecular complexity index is 881. The molecule has 1 aromatic heterocycles. The molecule has 3 heterocycles. The maximum absolute atomic E-state index is 13.8. The molecule has 154 valence electrons. The maximum Gasteiger partial charge on any atom is 0.220 e. The van der Waals surface area contributed by atoms with Crippen molar-refractivity contribution in [2.45, 2.75) is 44.6 Å². The molecule has 0 spiro atoms. The quantitative estimate of drug-likeness (QED) is 0.862. The first-order valence-electron chi connectivity index (χ1n) is 10.4. The van der Waals surface area contributed by atoms with E-state index >= 15 is 0 Å². The van der Waals surface area contributed by atoms with E-state index in [0.717, 1.165) is 68.7 Å². The van der Waals surface area contributed by atoms with Crippen molar-refractivity contribution in [2.75, 3.05) is 31.9 Å². The number of carbonyl (C=O) groups excluding carboxylic acids is 1. The van der Waals surface area contributed by atoms with Gasteiger partial charge >= 0.3 is 0 Å². The number of hydrogen-bond acceptors (Lipinski definition) is 5. The summed E-state index contributed by atoms with van der Waals surface area (Å²) in [6, 6.07) is 7.05. The van der Waals surface area contributed by atoms with Crippen LogP contribution in [0.2, 0.25) is 0 Å². The predicted molar refractivity (Wildman–Crippen MR) is 111 cm³/mol. The van der Waals surface area contributed by atoms with E-state index in [1.54, 1.807) is 19.2 Å². The smallest absolute Gasteiger partial charge is 0.220 e. The molecule has 0 aliphatic carbocycles. The molecule has 2 N–H and O–H groups in total. The summed E-state index contributed by atoms with van der Waals surface area (Å²) in [4.78, 5) is 24.8. The lowest BCUT2D eigenvalue weighted by Crippen LogP contribution is -2.49. The Balaban J connectivity index is 1.54. The van der Waals surface area contributed by atoms with Gasteiger partial charge in [-0.15, -0.1) is 0 Å². The number of nitrogens with zero attached hydrogens (tertiary/aromatic N) is 4. The van der Waals surface area contributed by atoms with Crippen LogP contribution in [-0.4, -0.2) is 57.9 Å². The molecule has 29 heavy (non-hydrogen) atoms. The predicted octanol–water partition coefficient (Wildman–Crippen LogP) is 3.06. The SMILES string of the molecule is CC(=O)N1CCC(N2CCC[C@@H](c3nc(N)ncc3-c3cccc(F)c3)C2)CC1. The molecular weight excluding hydrogens is 369 g/mol. The first-order valence-corrected chi connectivity index (χ1v) is 10.4. The molecule has 7 heteroatoms. The Morgan fingerprint density at radius 1 is 1.21 bits per heavy atom. The number of carbonyl (C=O) groups is 1. The van der Waals surface area contributed by atoms with Crippen LogP contribution < -0.4 is 5.73 Å². The highest BCUT2D eigenvalue weighted by Crippen LogP contribution is 2.35. The van der Waals surface area contributed by atoms with Crippen molar-refractivity contribution >= 4 is 11.9 Å². The van der Waals surface area contributed by atoms with Gasteiger partial charge in [0.1, 0.15) is 5.82 Å².